The first-order chi connectivity index (χ1) is 16.5. The lowest BCUT2D eigenvalue weighted by atomic mass is 9.83. The number of fused-ring (bicyclic) bond motifs is 5. The maximum absolute atomic E-state index is 5.64. The fraction of sp³-hybridized carbons (Fsp3) is 0.355. The maximum Gasteiger partial charge on any atom is 0.189 e. The molecule has 1 heterocycles. The lowest BCUT2D eigenvalue weighted by molar-refractivity contribution is 0.123. The van der Waals surface area contributed by atoms with Gasteiger partial charge in [0, 0.05) is 28.1 Å². The van der Waals surface area contributed by atoms with E-state index in [2.05, 4.69) is 105 Å². The summed E-state index contributed by atoms with van der Waals surface area (Å²) in [5.41, 5.74) is 5.53. The van der Waals surface area contributed by atoms with Crippen molar-refractivity contribution >= 4 is 11.7 Å². The summed E-state index contributed by atoms with van der Waals surface area (Å²) >= 11 is 0. The van der Waals surface area contributed by atoms with Crippen LogP contribution in [-0.2, 0) is 5.66 Å². The van der Waals surface area contributed by atoms with Crippen LogP contribution in [0, 0.1) is 5.41 Å². The molecule has 3 aliphatic rings. The van der Waals surface area contributed by atoms with E-state index in [9.17, 15) is 0 Å². The van der Waals surface area contributed by atoms with Crippen molar-refractivity contribution in [3.8, 4) is 11.1 Å². The molecule has 3 aromatic carbocycles. The van der Waals surface area contributed by atoms with E-state index in [1.165, 1.54) is 54.4 Å². The third kappa shape index (κ3) is 3.17. The highest BCUT2D eigenvalue weighted by molar-refractivity contribution is 6.10. The number of benzene rings is 3. The van der Waals surface area contributed by atoms with Crippen molar-refractivity contribution in [1.82, 2.24) is 4.90 Å². The molecule has 0 saturated heterocycles. The van der Waals surface area contributed by atoms with Crippen LogP contribution in [0.2, 0.25) is 0 Å². The van der Waals surface area contributed by atoms with Crippen LogP contribution in [0.4, 0.5) is 0 Å². The second kappa shape index (κ2) is 7.94. The van der Waals surface area contributed by atoms with Crippen molar-refractivity contribution in [1.29, 1.82) is 0 Å². The molecule has 0 aromatic heterocycles. The third-order valence-electron chi connectivity index (χ3n) is 7.59. The quantitative estimate of drug-likeness (QED) is 0.402. The maximum atomic E-state index is 5.64. The smallest absolute Gasteiger partial charge is 0.189 e. The van der Waals surface area contributed by atoms with Crippen LogP contribution in [-0.4, -0.2) is 22.6 Å². The van der Waals surface area contributed by atoms with Gasteiger partial charge >= 0.3 is 0 Å². The fourth-order valence-electron chi connectivity index (χ4n) is 6.13. The zero-order valence-electron chi connectivity index (χ0n) is 20.5. The number of amidine groups is 2. The summed E-state index contributed by atoms with van der Waals surface area (Å²) in [6, 6.07) is 28.7. The first-order valence-corrected chi connectivity index (χ1v) is 12.7. The molecule has 3 aromatic rings. The van der Waals surface area contributed by atoms with Crippen molar-refractivity contribution in [2.75, 3.05) is 0 Å². The molecule has 0 atom stereocenters. The van der Waals surface area contributed by atoms with E-state index in [4.69, 9.17) is 9.98 Å². The standard InChI is InChI=1S/C31H33N3/c1-30(2,3)29-32-28(22-14-6-4-7-15-22)33-31(34(29)23-16-8-5-9-17-23)26-20-12-10-18-24(26)25-19-11-13-21-27(25)31/h4,6-7,10-15,18-21,23H,5,8-9,16-17H2,1-3H3. The number of nitrogens with zero attached hydrogens (tertiary/aromatic N) is 3. The molecule has 3 nitrogen and oxygen atoms in total. The minimum atomic E-state index is -0.593. The first-order valence-electron chi connectivity index (χ1n) is 12.7. The van der Waals surface area contributed by atoms with Gasteiger partial charge in [-0.2, -0.15) is 0 Å². The Hall–Kier alpha value is -3.20. The zero-order valence-corrected chi connectivity index (χ0v) is 20.5. The molecule has 0 N–H and O–H groups in total. The van der Waals surface area contributed by atoms with Gasteiger partial charge in [-0.05, 0) is 24.0 Å². The summed E-state index contributed by atoms with van der Waals surface area (Å²) in [6.07, 6.45) is 6.25. The van der Waals surface area contributed by atoms with E-state index in [0.717, 1.165) is 17.2 Å². The number of hydrogen-bond donors (Lipinski definition) is 0. The summed E-state index contributed by atoms with van der Waals surface area (Å²) in [4.78, 5) is 13.6. The minimum absolute atomic E-state index is 0.118. The van der Waals surface area contributed by atoms with Crippen LogP contribution >= 0.6 is 0 Å². The lowest BCUT2D eigenvalue weighted by Crippen LogP contribution is -2.59. The van der Waals surface area contributed by atoms with E-state index < -0.39 is 5.66 Å². The van der Waals surface area contributed by atoms with E-state index in [0.29, 0.717) is 6.04 Å². The monoisotopic (exact) mass is 447 g/mol. The van der Waals surface area contributed by atoms with E-state index >= 15 is 0 Å². The Morgan fingerprint density at radius 2 is 1.29 bits per heavy atom. The van der Waals surface area contributed by atoms with Crippen molar-refractivity contribution in [3.63, 3.8) is 0 Å². The third-order valence-corrected chi connectivity index (χ3v) is 7.59. The Kier molecular flexibility index (Phi) is 4.98. The molecule has 3 heteroatoms. The van der Waals surface area contributed by atoms with Crippen molar-refractivity contribution in [2.24, 2.45) is 15.4 Å². The molecule has 0 bridgehead atoms. The molecule has 1 spiro atoms. The van der Waals surface area contributed by atoms with Crippen LogP contribution in [0.3, 0.4) is 0 Å². The summed E-state index contributed by atoms with van der Waals surface area (Å²) < 4.78 is 0. The Morgan fingerprint density at radius 3 is 1.88 bits per heavy atom. The number of rotatable bonds is 2. The zero-order chi connectivity index (χ0) is 23.3. The second-order valence-electron chi connectivity index (χ2n) is 10.9. The fourth-order valence-corrected chi connectivity index (χ4v) is 6.13. The molecule has 1 fully saturated rings. The highest BCUT2D eigenvalue weighted by atomic mass is 15.4. The van der Waals surface area contributed by atoms with Crippen LogP contribution in [0.5, 0.6) is 0 Å². The molecule has 0 amide bonds. The van der Waals surface area contributed by atoms with Crippen molar-refractivity contribution < 1.29 is 0 Å². The summed E-state index contributed by atoms with van der Waals surface area (Å²) in [5, 5.41) is 0. The van der Waals surface area contributed by atoms with Crippen molar-refractivity contribution in [3.05, 3.63) is 95.6 Å². The molecular formula is C31H33N3. The van der Waals surface area contributed by atoms with Gasteiger partial charge in [0.15, 0.2) is 11.5 Å². The molecule has 1 saturated carbocycles. The van der Waals surface area contributed by atoms with Gasteiger partial charge in [-0.25, -0.2) is 9.98 Å². The Morgan fingerprint density at radius 1 is 0.735 bits per heavy atom. The van der Waals surface area contributed by atoms with Gasteiger partial charge in [0.25, 0.3) is 0 Å². The molecule has 34 heavy (non-hydrogen) atoms. The van der Waals surface area contributed by atoms with E-state index in [-0.39, 0.29) is 5.41 Å². The summed E-state index contributed by atoms with van der Waals surface area (Å²) in [5.74, 6) is 1.99. The molecule has 172 valence electrons. The molecule has 1 aliphatic heterocycles. The Balaban J connectivity index is 1.70. The van der Waals surface area contributed by atoms with Gasteiger partial charge in [-0.3, -0.25) is 0 Å². The highest BCUT2D eigenvalue weighted by Crippen LogP contribution is 2.55. The largest absolute Gasteiger partial charge is 0.324 e. The normalized spacial score (nSPS) is 19.4. The SMILES string of the molecule is CC(C)(C)C1=NC(c2ccccc2)=NC2(c3ccccc3-c3ccccc32)N1C1CCCCC1. The molecule has 2 aliphatic carbocycles. The Labute approximate surface area is 203 Å². The minimum Gasteiger partial charge on any atom is -0.324 e. The molecular weight excluding hydrogens is 414 g/mol. The predicted octanol–water partition coefficient (Wildman–Crippen LogP) is 7.41. The molecule has 0 unspecified atom stereocenters. The topological polar surface area (TPSA) is 28.0 Å². The summed E-state index contributed by atoms with van der Waals surface area (Å²) in [7, 11) is 0. The average Bonchev–Trinajstić information content (AvgIpc) is 3.14. The van der Waals surface area contributed by atoms with Gasteiger partial charge in [-0.15, -0.1) is 0 Å². The first kappa shape index (κ1) is 21.3. The highest BCUT2D eigenvalue weighted by Gasteiger charge is 2.54. The van der Waals surface area contributed by atoms with Gasteiger partial charge in [0.1, 0.15) is 5.84 Å². The average molecular weight is 448 g/mol. The van der Waals surface area contributed by atoms with Crippen LogP contribution in [0.15, 0.2) is 88.8 Å². The van der Waals surface area contributed by atoms with E-state index in [1.807, 2.05) is 0 Å². The van der Waals surface area contributed by atoms with Crippen LogP contribution in [0.25, 0.3) is 11.1 Å². The van der Waals surface area contributed by atoms with Gasteiger partial charge < -0.3 is 4.90 Å². The number of aliphatic imine (C=N–C) groups is 2. The summed E-state index contributed by atoms with van der Waals surface area (Å²) in [6.45, 7) is 6.90. The lowest BCUT2D eigenvalue weighted by Gasteiger charge is -2.52. The molecule has 6 rings (SSSR count). The van der Waals surface area contributed by atoms with Gasteiger partial charge in [0.2, 0.25) is 0 Å². The molecule has 0 radical (unpaired) electrons. The van der Waals surface area contributed by atoms with Gasteiger partial charge in [-0.1, -0.05) is 119 Å². The second-order valence-corrected chi connectivity index (χ2v) is 10.9. The van der Waals surface area contributed by atoms with Crippen molar-refractivity contribution in [2.45, 2.75) is 64.6 Å². The van der Waals surface area contributed by atoms with Gasteiger partial charge in [0.05, 0.1) is 0 Å². The van der Waals surface area contributed by atoms with Crippen LogP contribution in [0.1, 0.15) is 69.6 Å². The van der Waals surface area contributed by atoms with Crippen LogP contribution < -0.4 is 0 Å². The van der Waals surface area contributed by atoms with E-state index in [1.54, 1.807) is 0 Å². The Bertz CT molecular complexity index is 1230. The predicted molar refractivity (Wildman–Crippen MR) is 141 cm³/mol. The number of hydrogen-bond acceptors (Lipinski definition) is 3.